The number of methoxy groups -OCH3 is 1. The van der Waals surface area contributed by atoms with E-state index in [0.717, 1.165) is 0 Å². The SMILES string of the molecule is COc1ccc(O[C@H]2OC[C@@H](O)[C@H](O[C@@H]3O[C@H](CO)[C@@H](O)[C@H](O)[C@H]3O)[C@@H]2O[C@@H]2O[C@@H](C)[C@H](O)[C@@H](O)[C@H]2O)cc1. The fraction of sp³-hybridized carbons (Fsp3) is 0.750. The third kappa shape index (κ3) is 6.46. The van der Waals surface area contributed by atoms with Gasteiger partial charge in [0.15, 0.2) is 18.7 Å². The third-order valence-electron chi connectivity index (χ3n) is 6.95. The molecule has 0 amide bonds. The van der Waals surface area contributed by atoms with Crippen molar-refractivity contribution < 1.29 is 74.0 Å². The lowest BCUT2D eigenvalue weighted by atomic mass is 9.98. The van der Waals surface area contributed by atoms with Crippen LogP contribution in [0.1, 0.15) is 6.92 Å². The molecule has 1 aromatic rings. The first-order valence-electron chi connectivity index (χ1n) is 12.5. The zero-order chi connectivity index (χ0) is 28.4. The molecule has 0 saturated carbocycles. The first-order valence-corrected chi connectivity index (χ1v) is 12.5. The van der Waals surface area contributed by atoms with E-state index in [1.165, 1.54) is 14.0 Å². The minimum absolute atomic E-state index is 0.298. The Hall–Kier alpha value is -1.70. The van der Waals surface area contributed by atoms with Gasteiger partial charge in [0.25, 0.3) is 0 Å². The highest BCUT2D eigenvalue weighted by Gasteiger charge is 2.52. The fourth-order valence-corrected chi connectivity index (χ4v) is 4.57. The second-order valence-corrected chi connectivity index (χ2v) is 9.64. The van der Waals surface area contributed by atoms with E-state index >= 15 is 0 Å². The summed E-state index contributed by atoms with van der Waals surface area (Å²) in [5.41, 5.74) is 0. The number of ether oxygens (including phenoxy) is 7. The Morgan fingerprint density at radius 3 is 1.90 bits per heavy atom. The molecule has 3 heterocycles. The van der Waals surface area contributed by atoms with Crippen molar-refractivity contribution >= 4 is 0 Å². The van der Waals surface area contributed by atoms with Crippen molar-refractivity contribution in [2.24, 2.45) is 0 Å². The van der Waals surface area contributed by atoms with Gasteiger partial charge in [0, 0.05) is 0 Å². The van der Waals surface area contributed by atoms with Crippen LogP contribution in [0.5, 0.6) is 11.5 Å². The molecule has 15 nitrogen and oxygen atoms in total. The molecule has 39 heavy (non-hydrogen) atoms. The Bertz CT molecular complexity index is 902. The highest BCUT2D eigenvalue weighted by molar-refractivity contribution is 5.31. The number of benzene rings is 1. The highest BCUT2D eigenvalue weighted by atomic mass is 16.8. The van der Waals surface area contributed by atoms with Crippen molar-refractivity contribution in [3.63, 3.8) is 0 Å². The monoisotopic (exact) mass is 564 g/mol. The van der Waals surface area contributed by atoms with Crippen molar-refractivity contribution in [2.45, 2.75) is 92.9 Å². The first kappa shape index (κ1) is 30.3. The van der Waals surface area contributed by atoms with Gasteiger partial charge in [0.05, 0.1) is 26.4 Å². The molecule has 1 aromatic carbocycles. The van der Waals surface area contributed by atoms with E-state index in [1.807, 2.05) is 0 Å². The van der Waals surface area contributed by atoms with Crippen molar-refractivity contribution in [3.8, 4) is 11.5 Å². The molecular formula is C24H36O15. The molecule has 8 N–H and O–H groups in total. The van der Waals surface area contributed by atoms with Gasteiger partial charge in [-0.05, 0) is 31.2 Å². The molecule has 0 unspecified atom stereocenters. The van der Waals surface area contributed by atoms with Crippen LogP contribution in [-0.4, -0.2) is 147 Å². The van der Waals surface area contributed by atoms with E-state index in [-0.39, 0.29) is 6.61 Å². The molecule has 3 fully saturated rings. The standard InChI is InChI=1S/C24H36O15/c1-9-14(27)16(29)18(31)22(35-9)39-21-20(38-23-19(32)17(30)15(28)13(7-25)37-23)12(26)8-34-24(21)36-11-5-3-10(33-2)4-6-11/h3-6,9,12-32H,7-8H2,1-2H3/t9-,12+,13+,14-,15+,16+,17-,18+,19+,20-,21-,22-,23-,24+/m0/s1. The maximum Gasteiger partial charge on any atom is 0.229 e. The Labute approximate surface area is 223 Å². The minimum Gasteiger partial charge on any atom is -0.497 e. The van der Waals surface area contributed by atoms with Crippen LogP contribution in [-0.2, 0) is 23.7 Å². The summed E-state index contributed by atoms with van der Waals surface area (Å²) in [7, 11) is 1.49. The summed E-state index contributed by atoms with van der Waals surface area (Å²) in [4.78, 5) is 0. The molecule has 3 aliphatic rings. The summed E-state index contributed by atoms with van der Waals surface area (Å²) in [6.45, 7) is 0.411. The van der Waals surface area contributed by atoms with Gasteiger partial charge in [-0.25, -0.2) is 0 Å². The van der Waals surface area contributed by atoms with Crippen LogP contribution in [0, 0.1) is 0 Å². The molecule has 0 spiro atoms. The van der Waals surface area contributed by atoms with E-state index in [4.69, 9.17) is 33.2 Å². The predicted molar refractivity (Wildman–Crippen MR) is 125 cm³/mol. The van der Waals surface area contributed by atoms with Gasteiger partial charge >= 0.3 is 0 Å². The van der Waals surface area contributed by atoms with E-state index in [1.54, 1.807) is 24.3 Å². The second-order valence-electron chi connectivity index (χ2n) is 9.64. The van der Waals surface area contributed by atoms with Crippen LogP contribution in [0.3, 0.4) is 0 Å². The van der Waals surface area contributed by atoms with E-state index in [0.29, 0.717) is 11.5 Å². The Morgan fingerprint density at radius 2 is 1.28 bits per heavy atom. The number of aliphatic hydroxyl groups excluding tert-OH is 8. The Kier molecular flexibility index (Phi) is 9.98. The number of rotatable bonds is 8. The second kappa shape index (κ2) is 12.9. The minimum atomic E-state index is -1.78. The largest absolute Gasteiger partial charge is 0.497 e. The molecule has 3 aliphatic heterocycles. The van der Waals surface area contributed by atoms with Crippen LogP contribution in [0.2, 0.25) is 0 Å². The van der Waals surface area contributed by atoms with Crippen LogP contribution in [0.4, 0.5) is 0 Å². The molecule has 0 aliphatic carbocycles. The summed E-state index contributed by atoms with van der Waals surface area (Å²) < 4.78 is 39.4. The summed E-state index contributed by atoms with van der Waals surface area (Å²) >= 11 is 0. The van der Waals surface area contributed by atoms with Crippen LogP contribution >= 0.6 is 0 Å². The van der Waals surface area contributed by atoms with Gasteiger partial charge in [0.2, 0.25) is 6.29 Å². The molecular weight excluding hydrogens is 528 g/mol. The predicted octanol–water partition coefficient (Wildman–Crippen LogP) is -3.81. The third-order valence-corrected chi connectivity index (χ3v) is 6.95. The van der Waals surface area contributed by atoms with Gasteiger partial charge in [0.1, 0.15) is 66.4 Å². The van der Waals surface area contributed by atoms with Crippen LogP contribution in [0.15, 0.2) is 24.3 Å². The van der Waals surface area contributed by atoms with E-state index in [9.17, 15) is 40.9 Å². The van der Waals surface area contributed by atoms with E-state index in [2.05, 4.69) is 0 Å². The average Bonchev–Trinajstić information content (AvgIpc) is 2.94. The zero-order valence-corrected chi connectivity index (χ0v) is 21.2. The van der Waals surface area contributed by atoms with Crippen LogP contribution < -0.4 is 9.47 Å². The molecule has 222 valence electrons. The van der Waals surface area contributed by atoms with Gasteiger partial charge in [-0.3, -0.25) is 0 Å². The Balaban J connectivity index is 1.60. The molecule has 3 saturated heterocycles. The maximum atomic E-state index is 10.8. The van der Waals surface area contributed by atoms with Gasteiger partial charge in [-0.15, -0.1) is 0 Å². The van der Waals surface area contributed by atoms with Crippen molar-refractivity contribution in [1.29, 1.82) is 0 Å². The van der Waals surface area contributed by atoms with Crippen LogP contribution in [0.25, 0.3) is 0 Å². The lowest BCUT2D eigenvalue weighted by Gasteiger charge is -2.47. The number of aliphatic hydroxyl groups is 8. The maximum absolute atomic E-state index is 10.8. The molecule has 15 heteroatoms. The van der Waals surface area contributed by atoms with E-state index < -0.39 is 92.6 Å². The summed E-state index contributed by atoms with van der Waals surface area (Å²) in [5, 5.41) is 81.8. The first-order chi connectivity index (χ1) is 18.5. The molecule has 4 rings (SSSR count). The average molecular weight is 565 g/mol. The lowest BCUT2D eigenvalue weighted by molar-refractivity contribution is -0.374. The van der Waals surface area contributed by atoms with Gasteiger partial charge in [-0.2, -0.15) is 0 Å². The molecule has 0 bridgehead atoms. The van der Waals surface area contributed by atoms with Gasteiger partial charge in [-0.1, -0.05) is 0 Å². The summed E-state index contributed by atoms with van der Waals surface area (Å²) in [6.07, 6.45) is -20.9. The number of hydrogen-bond acceptors (Lipinski definition) is 15. The fourth-order valence-electron chi connectivity index (χ4n) is 4.57. The van der Waals surface area contributed by atoms with Crippen molar-refractivity contribution in [1.82, 2.24) is 0 Å². The van der Waals surface area contributed by atoms with Gasteiger partial charge < -0.3 is 74.0 Å². The Morgan fingerprint density at radius 1 is 0.718 bits per heavy atom. The zero-order valence-electron chi connectivity index (χ0n) is 21.2. The highest BCUT2D eigenvalue weighted by Crippen LogP contribution is 2.32. The topological polar surface area (TPSA) is 226 Å². The lowest BCUT2D eigenvalue weighted by Crippen LogP contribution is -2.65. The van der Waals surface area contributed by atoms with Crippen molar-refractivity contribution in [3.05, 3.63) is 24.3 Å². The molecule has 0 aromatic heterocycles. The number of hydrogen-bond donors (Lipinski definition) is 8. The summed E-state index contributed by atoms with van der Waals surface area (Å²) in [6, 6.07) is 6.40. The smallest absolute Gasteiger partial charge is 0.229 e. The van der Waals surface area contributed by atoms with Crippen molar-refractivity contribution in [2.75, 3.05) is 20.3 Å². The molecule has 14 atom stereocenters. The summed E-state index contributed by atoms with van der Waals surface area (Å²) in [5.74, 6) is 0.852. The molecule has 0 radical (unpaired) electrons. The normalized spacial score (nSPS) is 45.1. The quantitative estimate of drug-likeness (QED) is 0.151.